The van der Waals surface area contributed by atoms with Crippen LogP contribution < -0.4 is 0 Å². The molecule has 4 rings (SSSR count). The molecular formula is C22H18O. The molecule has 1 atom stereocenters. The number of rotatable bonds is 2. The molecule has 1 nitrogen and oxygen atoms in total. The summed E-state index contributed by atoms with van der Waals surface area (Å²) in [5.41, 5.74) is 6.91. The number of carbonyl (C=O) groups is 1. The lowest BCUT2D eigenvalue weighted by Gasteiger charge is -2.10. The number of ketones is 1. The van der Waals surface area contributed by atoms with E-state index in [-0.39, 0.29) is 11.7 Å². The van der Waals surface area contributed by atoms with Gasteiger partial charge in [-0.1, -0.05) is 73.7 Å². The van der Waals surface area contributed by atoms with Crippen LogP contribution >= 0.6 is 0 Å². The summed E-state index contributed by atoms with van der Waals surface area (Å²) in [7, 11) is 0. The van der Waals surface area contributed by atoms with Crippen molar-refractivity contribution in [2.24, 2.45) is 5.92 Å². The number of benzene rings is 3. The molecule has 0 saturated carbocycles. The zero-order chi connectivity index (χ0) is 15.8. The molecule has 0 radical (unpaired) electrons. The van der Waals surface area contributed by atoms with Gasteiger partial charge in [-0.3, -0.25) is 4.79 Å². The van der Waals surface area contributed by atoms with Gasteiger partial charge in [0.2, 0.25) is 0 Å². The van der Waals surface area contributed by atoms with Crippen LogP contribution in [0.5, 0.6) is 0 Å². The van der Waals surface area contributed by atoms with Gasteiger partial charge in [-0.2, -0.15) is 0 Å². The molecule has 0 bridgehead atoms. The van der Waals surface area contributed by atoms with E-state index in [1.807, 2.05) is 25.1 Å². The summed E-state index contributed by atoms with van der Waals surface area (Å²) in [5.74, 6) is 0.379. The van der Waals surface area contributed by atoms with Gasteiger partial charge in [0.15, 0.2) is 5.78 Å². The molecular weight excluding hydrogens is 280 g/mol. The highest BCUT2D eigenvalue weighted by molar-refractivity contribution is 6.04. The second-order valence-corrected chi connectivity index (χ2v) is 6.25. The van der Waals surface area contributed by atoms with Crippen molar-refractivity contribution < 1.29 is 4.79 Å². The number of fused-ring (bicyclic) bond motifs is 1. The highest BCUT2D eigenvalue weighted by Crippen LogP contribution is 2.36. The summed E-state index contributed by atoms with van der Waals surface area (Å²) in [6, 6.07) is 25.1. The van der Waals surface area contributed by atoms with Gasteiger partial charge in [0.1, 0.15) is 0 Å². The van der Waals surface area contributed by atoms with Crippen molar-refractivity contribution in [3.8, 4) is 22.3 Å². The highest BCUT2D eigenvalue weighted by atomic mass is 16.1. The Morgan fingerprint density at radius 3 is 2.22 bits per heavy atom. The van der Waals surface area contributed by atoms with Gasteiger partial charge < -0.3 is 0 Å². The number of carbonyl (C=O) groups excluding carboxylic acids is 1. The van der Waals surface area contributed by atoms with E-state index in [0.717, 1.165) is 12.0 Å². The second-order valence-electron chi connectivity index (χ2n) is 6.25. The van der Waals surface area contributed by atoms with Crippen LogP contribution in [0.2, 0.25) is 0 Å². The van der Waals surface area contributed by atoms with Crippen molar-refractivity contribution >= 4 is 5.78 Å². The van der Waals surface area contributed by atoms with Gasteiger partial charge in [-0.05, 0) is 40.3 Å². The van der Waals surface area contributed by atoms with Crippen LogP contribution in [0.3, 0.4) is 0 Å². The molecule has 0 aromatic heterocycles. The van der Waals surface area contributed by atoms with Crippen LogP contribution in [0, 0.1) is 5.92 Å². The fraction of sp³-hybridized carbons (Fsp3) is 0.136. The molecule has 0 N–H and O–H groups in total. The zero-order valence-corrected chi connectivity index (χ0v) is 13.1. The molecule has 3 aromatic rings. The smallest absolute Gasteiger partial charge is 0.166 e. The number of hydrogen-bond donors (Lipinski definition) is 0. The minimum Gasteiger partial charge on any atom is -0.294 e. The Hall–Kier alpha value is -2.67. The van der Waals surface area contributed by atoms with Crippen LogP contribution in [0.25, 0.3) is 22.3 Å². The van der Waals surface area contributed by atoms with E-state index in [4.69, 9.17) is 0 Å². The van der Waals surface area contributed by atoms with E-state index in [2.05, 4.69) is 54.6 Å². The normalized spacial score (nSPS) is 16.4. The summed E-state index contributed by atoms with van der Waals surface area (Å²) in [5, 5.41) is 0. The third kappa shape index (κ3) is 2.39. The molecule has 23 heavy (non-hydrogen) atoms. The van der Waals surface area contributed by atoms with Gasteiger partial charge in [0.05, 0.1) is 0 Å². The van der Waals surface area contributed by atoms with E-state index in [1.54, 1.807) is 0 Å². The Balaban J connectivity index is 1.83. The van der Waals surface area contributed by atoms with Crippen molar-refractivity contribution in [2.45, 2.75) is 13.3 Å². The lowest BCUT2D eigenvalue weighted by Crippen LogP contribution is -2.02. The van der Waals surface area contributed by atoms with Crippen molar-refractivity contribution in [3.63, 3.8) is 0 Å². The maximum absolute atomic E-state index is 12.3. The third-order valence-electron chi connectivity index (χ3n) is 4.68. The largest absolute Gasteiger partial charge is 0.294 e. The Morgan fingerprint density at radius 2 is 1.39 bits per heavy atom. The summed E-state index contributed by atoms with van der Waals surface area (Å²) in [6.07, 6.45) is 0.847. The predicted molar refractivity (Wildman–Crippen MR) is 94.5 cm³/mol. The van der Waals surface area contributed by atoms with Crippen molar-refractivity contribution in [1.82, 2.24) is 0 Å². The average Bonchev–Trinajstić information content (AvgIpc) is 2.90. The molecule has 1 unspecified atom stereocenters. The monoisotopic (exact) mass is 298 g/mol. The maximum atomic E-state index is 12.3. The first-order chi connectivity index (χ1) is 11.2. The molecule has 0 aliphatic heterocycles. The Labute approximate surface area is 136 Å². The molecule has 112 valence electrons. The summed E-state index contributed by atoms with van der Waals surface area (Å²) in [6.45, 7) is 2.02. The Morgan fingerprint density at radius 1 is 0.739 bits per heavy atom. The van der Waals surface area contributed by atoms with Crippen LogP contribution in [-0.2, 0) is 6.42 Å². The van der Waals surface area contributed by atoms with Crippen LogP contribution in [0.15, 0.2) is 72.8 Å². The quantitative estimate of drug-likeness (QED) is 0.619. The van der Waals surface area contributed by atoms with Gasteiger partial charge in [-0.25, -0.2) is 0 Å². The molecule has 1 heteroatoms. The molecule has 0 spiro atoms. The molecule has 0 fully saturated rings. The second kappa shape index (κ2) is 5.51. The standard InChI is InChI=1S/C22H18O/c1-15-13-21-19(11-6-12-20(21)22(15)23)18-10-5-9-17(14-18)16-7-3-2-4-8-16/h2-12,14-15H,13H2,1H3. The van der Waals surface area contributed by atoms with Crippen molar-refractivity contribution in [1.29, 1.82) is 0 Å². The molecule has 0 amide bonds. The minimum absolute atomic E-state index is 0.100. The molecule has 1 aliphatic rings. The topological polar surface area (TPSA) is 17.1 Å². The lowest BCUT2D eigenvalue weighted by atomic mass is 9.94. The van der Waals surface area contributed by atoms with Gasteiger partial charge >= 0.3 is 0 Å². The Bertz CT molecular complexity index is 877. The van der Waals surface area contributed by atoms with Crippen LogP contribution in [0.4, 0.5) is 0 Å². The van der Waals surface area contributed by atoms with Crippen molar-refractivity contribution in [2.75, 3.05) is 0 Å². The number of hydrogen-bond acceptors (Lipinski definition) is 1. The first-order valence-corrected chi connectivity index (χ1v) is 8.06. The average molecular weight is 298 g/mol. The Kier molecular flexibility index (Phi) is 3.34. The van der Waals surface area contributed by atoms with Gasteiger partial charge in [-0.15, -0.1) is 0 Å². The van der Waals surface area contributed by atoms with Crippen LogP contribution in [-0.4, -0.2) is 5.78 Å². The van der Waals surface area contributed by atoms with Gasteiger partial charge in [0, 0.05) is 11.5 Å². The first kappa shape index (κ1) is 14.0. The summed E-state index contributed by atoms with van der Waals surface area (Å²) in [4.78, 5) is 12.3. The van der Waals surface area contributed by atoms with E-state index in [1.165, 1.54) is 27.8 Å². The van der Waals surface area contributed by atoms with Crippen molar-refractivity contribution in [3.05, 3.63) is 83.9 Å². The molecule has 3 aromatic carbocycles. The molecule has 0 saturated heterocycles. The minimum atomic E-state index is 0.100. The van der Waals surface area contributed by atoms with E-state index in [0.29, 0.717) is 0 Å². The predicted octanol–water partition coefficient (Wildman–Crippen LogP) is 5.40. The van der Waals surface area contributed by atoms with Crippen LogP contribution in [0.1, 0.15) is 22.8 Å². The van der Waals surface area contributed by atoms with Gasteiger partial charge in [0.25, 0.3) is 0 Å². The SMILES string of the molecule is CC1Cc2c(cccc2-c2cccc(-c3ccccc3)c2)C1=O. The maximum Gasteiger partial charge on any atom is 0.166 e. The lowest BCUT2D eigenvalue weighted by molar-refractivity contribution is 0.0946. The first-order valence-electron chi connectivity index (χ1n) is 8.06. The summed E-state index contributed by atoms with van der Waals surface area (Å²) < 4.78 is 0. The van der Waals surface area contributed by atoms with E-state index in [9.17, 15) is 4.79 Å². The fourth-order valence-corrected chi connectivity index (χ4v) is 3.47. The molecule has 1 aliphatic carbocycles. The van der Waals surface area contributed by atoms with E-state index >= 15 is 0 Å². The van der Waals surface area contributed by atoms with E-state index < -0.39 is 0 Å². The fourth-order valence-electron chi connectivity index (χ4n) is 3.47. The molecule has 0 heterocycles. The third-order valence-corrected chi connectivity index (χ3v) is 4.68. The highest BCUT2D eigenvalue weighted by Gasteiger charge is 2.28. The zero-order valence-electron chi connectivity index (χ0n) is 13.1. The number of Topliss-reactive ketones (excluding diaryl/α,β-unsaturated/α-hetero) is 1. The summed E-state index contributed by atoms with van der Waals surface area (Å²) >= 11 is 0.